The minimum absolute atomic E-state index is 0.0233. The van der Waals surface area contributed by atoms with E-state index in [2.05, 4.69) is 0 Å². The van der Waals surface area contributed by atoms with Gasteiger partial charge in [-0.25, -0.2) is 0 Å². The number of rotatable bonds is 1. The number of nitrogens with zero attached hydrogens (tertiary/aromatic N) is 1. The van der Waals surface area contributed by atoms with E-state index in [9.17, 15) is 10.1 Å². The van der Waals surface area contributed by atoms with E-state index >= 15 is 0 Å². The maximum Gasteiger partial charge on any atom is 0.278 e. The van der Waals surface area contributed by atoms with Gasteiger partial charge < -0.3 is 5.73 Å². The number of anilines is 1. The molecule has 0 aromatic heterocycles. The van der Waals surface area contributed by atoms with Gasteiger partial charge in [-0.2, -0.15) is 0 Å². The van der Waals surface area contributed by atoms with Crippen LogP contribution in [-0.4, -0.2) is 4.92 Å². The van der Waals surface area contributed by atoms with Crippen LogP contribution in [0.2, 0.25) is 5.02 Å². The first-order chi connectivity index (χ1) is 7.11. The maximum atomic E-state index is 10.8. The van der Waals surface area contributed by atoms with E-state index in [1.807, 2.05) is 0 Å². The molecule has 76 valence electrons. The molecule has 5 heteroatoms. The molecule has 0 radical (unpaired) electrons. The lowest BCUT2D eigenvalue weighted by atomic mass is 10.1. The van der Waals surface area contributed by atoms with E-state index in [1.54, 1.807) is 24.3 Å². The Labute approximate surface area is 90.4 Å². The fraction of sp³-hybridized carbons (Fsp3) is 0. The third kappa shape index (κ3) is 1.49. The third-order valence-corrected chi connectivity index (χ3v) is 2.59. The van der Waals surface area contributed by atoms with E-state index in [-0.39, 0.29) is 10.7 Å². The van der Waals surface area contributed by atoms with Crippen molar-refractivity contribution in [1.29, 1.82) is 0 Å². The van der Waals surface area contributed by atoms with Gasteiger partial charge in [-0.05, 0) is 11.5 Å². The van der Waals surface area contributed by atoms with Crippen molar-refractivity contribution < 1.29 is 4.92 Å². The lowest BCUT2D eigenvalue weighted by Crippen LogP contribution is -1.92. The lowest BCUT2D eigenvalue weighted by molar-refractivity contribution is -0.383. The van der Waals surface area contributed by atoms with Gasteiger partial charge in [0.2, 0.25) is 0 Å². The van der Waals surface area contributed by atoms with Crippen LogP contribution >= 0.6 is 11.6 Å². The van der Waals surface area contributed by atoms with E-state index < -0.39 is 4.92 Å². The number of nitrogen functional groups attached to an aromatic ring is 1. The largest absolute Gasteiger partial charge is 0.398 e. The highest BCUT2D eigenvalue weighted by Crippen LogP contribution is 2.35. The van der Waals surface area contributed by atoms with E-state index in [0.29, 0.717) is 16.5 Å². The molecule has 2 aromatic carbocycles. The van der Waals surface area contributed by atoms with Gasteiger partial charge in [-0.1, -0.05) is 29.8 Å². The van der Waals surface area contributed by atoms with Gasteiger partial charge in [0.05, 0.1) is 21.0 Å². The quantitative estimate of drug-likeness (QED) is 0.458. The molecule has 0 saturated heterocycles. The van der Waals surface area contributed by atoms with E-state index in [1.165, 1.54) is 6.07 Å². The number of non-ortho nitro benzene ring substituents is 1. The molecule has 0 aliphatic carbocycles. The second-order valence-corrected chi connectivity index (χ2v) is 3.48. The summed E-state index contributed by atoms with van der Waals surface area (Å²) in [5, 5.41) is 12.1. The van der Waals surface area contributed by atoms with Crippen LogP contribution in [-0.2, 0) is 0 Å². The summed E-state index contributed by atoms with van der Waals surface area (Å²) in [5.41, 5.74) is 5.92. The van der Waals surface area contributed by atoms with Crippen LogP contribution in [0.4, 0.5) is 11.4 Å². The predicted molar refractivity (Wildman–Crippen MR) is 60.0 cm³/mol. The van der Waals surface area contributed by atoms with Crippen LogP contribution in [0.5, 0.6) is 0 Å². The average Bonchev–Trinajstić information content (AvgIpc) is 2.23. The Kier molecular flexibility index (Phi) is 2.21. The SMILES string of the molecule is Nc1ccc2cccc([N+](=O)[O-])c2c1Cl. The highest BCUT2D eigenvalue weighted by molar-refractivity contribution is 6.38. The minimum Gasteiger partial charge on any atom is -0.398 e. The summed E-state index contributed by atoms with van der Waals surface area (Å²) in [4.78, 5) is 10.3. The topological polar surface area (TPSA) is 69.2 Å². The smallest absolute Gasteiger partial charge is 0.278 e. The molecule has 0 bridgehead atoms. The van der Waals surface area contributed by atoms with Crippen LogP contribution in [0.3, 0.4) is 0 Å². The van der Waals surface area contributed by atoms with Gasteiger partial charge in [0.25, 0.3) is 5.69 Å². The van der Waals surface area contributed by atoms with E-state index in [4.69, 9.17) is 17.3 Å². The molecule has 4 nitrogen and oxygen atoms in total. The molecular weight excluding hydrogens is 216 g/mol. The Morgan fingerprint density at radius 3 is 2.67 bits per heavy atom. The molecule has 15 heavy (non-hydrogen) atoms. The minimum atomic E-state index is -0.465. The summed E-state index contributed by atoms with van der Waals surface area (Å²) < 4.78 is 0. The normalized spacial score (nSPS) is 10.5. The number of hydrogen-bond acceptors (Lipinski definition) is 3. The summed E-state index contributed by atoms with van der Waals surface area (Å²) in [7, 11) is 0. The monoisotopic (exact) mass is 222 g/mol. The Morgan fingerprint density at radius 2 is 2.00 bits per heavy atom. The van der Waals surface area contributed by atoms with Crippen molar-refractivity contribution in [2.24, 2.45) is 0 Å². The van der Waals surface area contributed by atoms with Crippen LogP contribution in [0, 0.1) is 10.1 Å². The number of halogens is 1. The van der Waals surface area contributed by atoms with Crippen molar-refractivity contribution >= 4 is 33.7 Å². The van der Waals surface area contributed by atoms with Crippen molar-refractivity contribution in [2.75, 3.05) is 5.73 Å². The highest BCUT2D eigenvalue weighted by atomic mass is 35.5. The molecule has 0 atom stereocenters. The molecule has 2 aromatic rings. The van der Waals surface area contributed by atoms with Crippen LogP contribution in [0.1, 0.15) is 0 Å². The highest BCUT2D eigenvalue weighted by Gasteiger charge is 2.15. The third-order valence-electron chi connectivity index (χ3n) is 2.19. The Hall–Kier alpha value is -1.81. The average molecular weight is 223 g/mol. The lowest BCUT2D eigenvalue weighted by Gasteiger charge is -2.03. The van der Waals surface area contributed by atoms with Gasteiger partial charge in [0.1, 0.15) is 0 Å². The summed E-state index contributed by atoms with van der Waals surface area (Å²) in [6, 6.07) is 8.13. The van der Waals surface area contributed by atoms with Crippen LogP contribution in [0.25, 0.3) is 10.8 Å². The van der Waals surface area contributed by atoms with Gasteiger partial charge in [0.15, 0.2) is 0 Å². The molecule has 0 unspecified atom stereocenters. The standard InChI is InChI=1S/C10H7ClN2O2/c11-10-7(12)5-4-6-2-1-3-8(9(6)10)13(14)15/h1-5H,12H2. The van der Waals surface area contributed by atoms with Crippen molar-refractivity contribution in [3.05, 3.63) is 45.5 Å². The number of fused-ring (bicyclic) bond motifs is 1. The van der Waals surface area contributed by atoms with Gasteiger partial charge >= 0.3 is 0 Å². The first-order valence-electron chi connectivity index (χ1n) is 4.22. The number of nitro groups is 1. The Bertz CT molecular complexity index is 554. The van der Waals surface area contributed by atoms with Crippen LogP contribution in [0.15, 0.2) is 30.3 Å². The maximum absolute atomic E-state index is 10.8. The number of hydrogen-bond donors (Lipinski definition) is 1. The van der Waals surface area contributed by atoms with Gasteiger partial charge in [-0.3, -0.25) is 10.1 Å². The molecule has 0 heterocycles. The molecule has 0 aliphatic heterocycles. The molecule has 0 amide bonds. The molecular formula is C10H7ClN2O2. The van der Waals surface area contributed by atoms with Crippen LogP contribution < -0.4 is 5.73 Å². The van der Waals surface area contributed by atoms with Gasteiger partial charge in [-0.15, -0.1) is 0 Å². The predicted octanol–water partition coefficient (Wildman–Crippen LogP) is 2.98. The molecule has 0 fully saturated rings. The van der Waals surface area contributed by atoms with Crippen molar-refractivity contribution in [3.8, 4) is 0 Å². The van der Waals surface area contributed by atoms with Crippen molar-refractivity contribution in [2.45, 2.75) is 0 Å². The number of nitro benzene ring substituents is 1. The summed E-state index contributed by atoms with van der Waals surface area (Å²) in [5.74, 6) is 0. The summed E-state index contributed by atoms with van der Waals surface area (Å²) >= 11 is 5.95. The molecule has 0 spiro atoms. The molecule has 0 saturated carbocycles. The zero-order valence-electron chi connectivity index (χ0n) is 7.61. The summed E-state index contributed by atoms with van der Waals surface area (Å²) in [6.07, 6.45) is 0. The zero-order valence-corrected chi connectivity index (χ0v) is 8.36. The van der Waals surface area contributed by atoms with E-state index in [0.717, 1.165) is 0 Å². The van der Waals surface area contributed by atoms with Crippen molar-refractivity contribution in [1.82, 2.24) is 0 Å². The number of benzene rings is 2. The first-order valence-corrected chi connectivity index (χ1v) is 4.60. The fourth-order valence-corrected chi connectivity index (χ4v) is 1.75. The second-order valence-electron chi connectivity index (χ2n) is 3.10. The van der Waals surface area contributed by atoms with Crippen molar-refractivity contribution in [3.63, 3.8) is 0 Å². The molecule has 2 N–H and O–H groups in total. The fourth-order valence-electron chi connectivity index (χ4n) is 1.48. The Morgan fingerprint density at radius 1 is 1.27 bits per heavy atom. The molecule has 2 rings (SSSR count). The first kappa shape index (κ1) is 9.73. The number of nitrogens with two attached hydrogens (primary N) is 1. The Balaban J connectivity index is 2.94. The van der Waals surface area contributed by atoms with Gasteiger partial charge in [0, 0.05) is 6.07 Å². The second kappa shape index (κ2) is 3.40. The molecule has 0 aliphatic rings. The summed E-state index contributed by atoms with van der Waals surface area (Å²) in [6.45, 7) is 0. The zero-order chi connectivity index (χ0) is 11.0.